The number of carbonyl (C=O) groups is 1. The van der Waals surface area contributed by atoms with Gasteiger partial charge >= 0.3 is 0 Å². The summed E-state index contributed by atoms with van der Waals surface area (Å²) in [5.41, 5.74) is 2.98. The van der Waals surface area contributed by atoms with E-state index >= 15 is 0 Å². The molecule has 0 spiro atoms. The van der Waals surface area contributed by atoms with Gasteiger partial charge < -0.3 is 14.2 Å². The molecule has 1 aliphatic heterocycles. The number of thioether (sulfide) groups is 1. The maximum Gasteiger partial charge on any atom is 0.228 e. The second-order valence-electron chi connectivity index (χ2n) is 7.09. The molecule has 0 atom stereocenters. The lowest BCUT2D eigenvalue weighted by Gasteiger charge is -2.27. The molecule has 8 heteroatoms. The van der Waals surface area contributed by atoms with Crippen molar-refractivity contribution in [1.82, 2.24) is 19.3 Å². The van der Waals surface area contributed by atoms with Crippen molar-refractivity contribution < 1.29 is 9.53 Å². The summed E-state index contributed by atoms with van der Waals surface area (Å²) in [6.07, 6.45) is 0. The van der Waals surface area contributed by atoms with Crippen molar-refractivity contribution in [3.8, 4) is 0 Å². The van der Waals surface area contributed by atoms with Crippen molar-refractivity contribution >= 4 is 23.5 Å². The summed E-state index contributed by atoms with van der Waals surface area (Å²) in [6, 6.07) is 2.35. The molecule has 1 aliphatic rings. The number of ketones is 1. The first-order valence-corrected chi connectivity index (χ1v) is 10.5. The molecule has 27 heavy (non-hydrogen) atoms. The fourth-order valence-electron chi connectivity index (χ4n) is 3.72. The van der Waals surface area contributed by atoms with Crippen molar-refractivity contribution in [2.75, 3.05) is 37.0 Å². The maximum atomic E-state index is 12.8. The molecule has 0 aromatic carbocycles. The zero-order valence-electron chi connectivity index (χ0n) is 16.9. The Hall–Kier alpha value is -1.80. The van der Waals surface area contributed by atoms with Crippen LogP contribution in [0, 0.1) is 13.8 Å². The molecule has 1 fully saturated rings. The zero-order valence-corrected chi connectivity index (χ0v) is 17.7. The Morgan fingerprint density at radius 1 is 1.26 bits per heavy atom. The molecule has 0 aliphatic carbocycles. The van der Waals surface area contributed by atoms with E-state index in [1.807, 2.05) is 13.0 Å². The molecule has 0 N–H and O–H groups in total. The lowest BCUT2D eigenvalue weighted by molar-refractivity contribution is 0.102. The van der Waals surface area contributed by atoms with Crippen LogP contribution < -0.4 is 4.90 Å². The molecule has 0 amide bonds. The molecule has 0 radical (unpaired) electrons. The first kappa shape index (κ1) is 19.9. The summed E-state index contributed by atoms with van der Waals surface area (Å²) in [7, 11) is 0. The summed E-state index contributed by atoms with van der Waals surface area (Å²) in [5, 5.41) is 9.50. The number of anilines is 1. The number of aryl methyl sites for hydroxylation is 1. The van der Waals surface area contributed by atoms with E-state index in [0.717, 1.165) is 47.7 Å². The predicted molar refractivity (Wildman–Crippen MR) is 108 cm³/mol. The van der Waals surface area contributed by atoms with E-state index in [-0.39, 0.29) is 5.78 Å². The summed E-state index contributed by atoms with van der Waals surface area (Å²) in [5.74, 6) is 1.37. The summed E-state index contributed by atoms with van der Waals surface area (Å²) in [4.78, 5) is 15.0. The number of Topliss-reactive ketones (excluding diaryl/α,β-unsaturated/α-hetero) is 1. The van der Waals surface area contributed by atoms with Gasteiger partial charge in [-0.1, -0.05) is 11.8 Å². The second-order valence-corrected chi connectivity index (χ2v) is 8.03. The average molecular weight is 392 g/mol. The van der Waals surface area contributed by atoms with Gasteiger partial charge in [0.1, 0.15) is 0 Å². The molecular formula is C19H29N5O2S. The maximum absolute atomic E-state index is 12.8. The Kier molecular flexibility index (Phi) is 6.26. The molecule has 3 rings (SSSR count). The van der Waals surface area contributed by atoms with Crippen LogP contribution in [0.5, 0.6) is 0 Å². The molecule has 148 valence electrons. The van der Waals surface area contributed by atoms with Gasteiger partial charge in [0.25, 0.3) is 0 Å². The van der Waals surface area contributed by atoms with Gasteiger partial charge in [0, 0.05) is 42.6 Å². The lowest BCUT2D eigenvalue weighted by Crippen LogP contribution is -2.38. The molecule has 7 nitrogen and oxygen atoms in total. The molecule has 3 heterocycles. The largest absolute Gasteiger partial charge is 0.378 e. The van der Waals surface area contributed by atoms with Crippen molar-refractivity contribution in [3.63, 3.8) is 0 Å². The topological polar surface area (TPSA) is 65.2 Å². The Morgan fingerprint density at radius 2 is 1.96 bits per heavy atom. The fraction of sp³-hybridized carbons (Fsp3) is 0.632. The van der Waals surface area contributed by atoms with Gasteiger partial charge in [0.15, 0.2) is 10.9 Å². The third-order valence-corrected chi connectivity index (χ3v) is 5.91. The zero-order chi connectivity index (χ0) is 19.6. The van der Waals surface area contributed by atoms with Crippen LogP contribution in [-0.2, 0) is 11.3 Å². The van der Waals surface area contributed by atoms with Crippen LogP contribution in [0.2, 0.25) is 0 Å². The first-order valence-electron chi connectivity index (χ1n) is 9.54. The standard InChI is InChI=1S/C19H29N5O2S/c1-6-23-18(22-7-9-26-10-8-22)20-21-19(23)27-12-17(25)16-11-14(4)24(13(2)3)15(16)5/h11,13H,6-10,12H2,1-5H3. The molecule has 2 aromatic rings. The molecule has 0 saturated carbocycles. The Labute approximate surface area is 165 Å². The summed E-state index contributed by atoms with van der Waals surface area (Å²) < 4.78 is 9.71. The quantitative estimate of drug-likeness (QED) is 0.534. The van der Waals surface area contributed by atoms with Gasteiger partial charge in [-0.2, -0.15) is 0 Å². The number of morpholine rings is 1. The normalized spacial score (nSPS) is 15.0. The number of hydrogen-bond donors (Lipinski definition) is 0. The Balaban J connectivity index is 1.72. The van der Waals surface area contributed by atoms with Crippen LogP contribution in [0.15, 0.2) is 11.2 Å². The van der Waals surface area contributed by atoms with Crippen LogP contribution in [0.25, 0.3) is 0 Å². The third kappa shape index (κ3) is 4.06. The van der Waals surface area contributed by atoms with E-state index in [0.29, 0.717) is 25.0 Å². The van der Waals surface area contributed by atoms with Crippen LogP contribution in [0.4, 0.5) is 5.95 Å². The average Bonchev–Trinajstić information content (AvgIpc) is 3.20. The van der Waals surface area contributed by atoms with Gasteiger partial charge in [0.2, 0.25) is 5.95 Å². The van der Waals surface area contributed by atoms with E-state index in [9.17, 15) is 4.79 Å². The van der Waals surface area contributed by atoms with Gasteiger partial charge in [-0.05, 0) is 40.7 Å². The highest BCUT2D eigenvalue weighted by Crippen LogP contribution is 2.26. The van der Waals surface area contributed by atoms with Crippen molar-refractivity contribution in [2.45, 2.75) is 52.4 Å². The number of nitrogens with zero attached hydrogens (tertiary/aromatic N) is 5. The Morgan fingerprint density at radius 3 is 2.56 bits per heavy atom. The first-order chi connectivity index (χ1) is 12.9. The van der Waals surface area contributed by atoms with Crippen LogP contribution in [0.3, 0.4) is 0 Å². The summed E-state index contributed by atoms with van der Waals surface area (Å²) >= 11 is 1.46. The number of ether oxygens (including phenoxy) is 1. The highest BCUT2D eigenvalue weighted by molar-refractivity contribution is 7.99. The molecular weight excluding hydrogens is 362 g/mol. The molecule has 0 unspecified atom stereocenters. The number of aromatic nitrogens is 4. The van der Waals surface area contributed by atoms with E-state index in [1.165, 1.54) is 11.8 Å². The van der Waals surface area contributed by atoms with E-state index in [4.69, 9.17) is 4.74 Å². The van der Waals surface area contributed by atoms with Crippen molar-refractivity contribution in [1.29, 1.82) is 0 Å². The molecule has 2 aromatic heterocycles. The molecule has 0 bridgehead atoms. The van der Waals surface area contributed by atoms with Crippen LogP contribution in [-0.4, -0.2) is 57.2 Å². The van der Waals surface area contributed by atoms with Crippen molar-refractivity contribution in [2.24, 2.45) is 0 Å². The monoisotopic (exact) mass is 391 g/mol. The minimum absolute atomic E-state index is 0.138. The second kappa shape index (κ2) is 8.48. The third-order valence-electron chi connectivity index (χ3n) is 4.94. The van der Waals surface area contributed by atoms with Gasteiger partial charge in [-0.3, -0.25) is 9.36 Å². The number of rotatable bonds is 7. The van der Waals surface area contributed by atoms with E-state index < -0.39 is 0 Å². The SMILES string of the molecule is CCn1c(SCC(=O)c2cc(C)n(C(C)C)c2C)nnc1N1CCOCC1. The van der Waals surface area contributed by atoms with Gasteiger partial charge in [-0.25, -0.2) is 0 Å². The van der Waals surface area contributed by atoms with E-state index in [2.05, 4.69) is 51.9 Å². The summed E-state index contributed by atoms with van der Waals surface area (Å²) in [6.45, 7) is 14.3. The number of carbonyl (C=O) groups excluding carboxylic acids is 1. The van der Waals surface area contributed by atoms with Gasteiger partial charge in [-0.15, -0.1) is 10.2 Å². The minimum Gasteiger partial charge on any atom is -0.378 e. The lowest BCUT2D eigenvalue weighted by atomic mass is 10.2. The van der Waals surface area contributed by atoms with Crippen LogP contribution >= 0.6 is 11.8 Å². The van der Waals surface area contributed by atoms with Crippen LogP contribution in [0.1, 0.15) is 48.6 Å². The number of hydrogen-bond acceptors (Lipinski definition) is 6. The Bertz CT molecular complexity index is 805. The highest BCUT2D eigenvalue weighted by atomic mass is 32.2. The highest BCUT2D eigenvalue weighted by Gasteiger charge is 2.22. The molecule has 1 saturated heterocycles. The fourth-order valence-corrected chi connectivity index (χ4v) is 4.60. The van der Waals surface area contributed by atoms with E-state index in [1.54, 1.807) is 0 Å². The van der Waals surface area contributed by atoms with Crippen molar-refractivity contribution in [3.05, 3.63) is 23.0 Å². The smallest absolute Gasteiger partial charge is 0.228 e. The predicted octanol–water partition coefficient (Wildman–Crippen LogP) is 3.11. The minimum atomic E-state index is 0.138. The van der Waals surface area contributed by atoms with Gasteiger partial charge in [0.05, 0.1) is 19.0 Å².